The fraction of sp³-hybridized carbons (Fsp3) is 0.192. The number of hydrogen-bond acceptors (Lipinski definition) is 4. The van der Waals surface area contributed by atoms with Gasteiger partial charge in [0.25, 0.3) is 11.8 Å². The molecule has 2 aliphatic rings. The molecule has 2 amide bonds. The molecule has 1 N–H and O–H groups in total. The van der Waals surface area contributed by atoms with Crippen molar-refractivity contribution in [3.63, 3.8) is 0 Å². The fourth-order valence-electron chi connectivity index (χ4n) is 4.27. The highest BCUT2D eigenvalue weighted by molar-refractivity contribution is 6.30. The van der Waals surface area contributed by atoms with Gasteiger partial charge in [-0.1, -0.05) is 35.9 Å². The van der Waals surface area contributed by atoms with Gasteiger partial charge in [-0.2, -0.15) is 0 Å². The summed E-state index contributed by atoms with van der Waals surface area (Å²) < 4.78 is 4.93. The predicted molar refractivity (Wildman–Crippen MR) is 125 cm³/mol. The zero-order valence-electron chi connectivity index (χ0n) is 17.9. The average molecular weight is 461 g/mol. The molecule has 5 rings (SSSR count). The lowest BCUT2D eigenvalue weighted by atomic mass is 10.00. The second kappa shape index (κ2) is 8.05. The lowest BCUT2D eigenvalue weighted by Gasteiger charge is -2.25. The Kier molecular flexibility index (Phi) is 5.17. The molecule has 3 aromatic carbocycles. The van der Waals surface area contributed by atoms with Gasteiger partial charge in [-0.25, -0.2) is 4.79 Å². The molecule has 166 valence electrons. The van der Waals surface area contributed by atoms with Crippen LogP contribution in [-0.4, -0.2) is 35.3 Å². The second-order valence-electron chi connectivity index (χ2n) is 8.32. The van der Waals surface area contributed by atoms with E-state index >= 15 is 0 Å². The lowest BCUT2D eigenvalue weighted by Crippen LogP contribution is -2.44. The number of carbonyl (C=O) groups excluding carboxylic acids is 3. The van der Waals surface area contributed by atoms with Crippen molar-refractivity contribution in [2.24, 2.45) is 0 Å². The van der Waals surface area contributed by atoms with E-state index in [1.807, 2.05) is 42.5 Å². The number of esters is 1. The van der Waals surface area contributed by atoms with Gasteiger partial charge in [-0.05, 0) is 72.0 Å². The molecule has 1 fully saturated rings. The van der Waals surface area contributed by atoms with Crippen LogP contribution in [0.25, 0.3) is 11.1 Å². The highest BCUT2D eigenvalue weighted by Crippen LogP contribution is 2.47. The van der Waals surface area contributed by atoms with E-state index in [9.17, 15) is 14.4 Å². The first kappa shape index (κ1) is 21.2. The number of benzene rings is 3. The number of nitrogens with zero attached hydrogens (tertiary/aromatic N) is 1. The summed E-state index contributed by atoms with van der Waals surface area (Å²) in [5.74, 6) is -0.705. The molecule has 0 spiro atoms. The Morgan fingerprint density at radius 3 is 2.27 bits per heavy atom. The Labute approximate surface area is 196 Å². The summed E-state index contributed by atoms with van der Waals surface area (Å²) in [5.41, 5.74) is 3.70. The second-order valence-corrected chi connectivity index (χ2v) is 8.76. The van der Waals surface area contributed by atoms with E-state index in [-0.39, 0.29) is 17.8 Å². The number of amides is 2. The largest absolute Gasteiger partial charge is 0.467 e. The summed E-state index contributed by atoms with van der Waals surface area (Å²) >= 11 is 5.87. The zero-order chi connectivity index (χ0) is 23.2. The molecule has 0 atom stereocenters. The van der Waals surface area contributed by atoms with Crippen molar-refractivity contribution >= 4 is 35.1 Å². The smallest absolute Gasteiger partial charge is 0.331 e. The predicted octanol–water partition coefficient (Wildman–Crippen LogP) is 4.92. The number of halogens is 1. The minimum absolute atomic E-state index is 0.137. The molecule has 1 heterocycles. The number of hydrogen-bond donors (Lipinski definition) is 1. The third-order valence-electron chi connectivity index (χ3n) is 6.30. The number of nitrogens with one attached hydrogen (secondary N) is 1. The third kappa shape index (κ3) is 3.76. The Bertz CT molecular complexity index is 1260. The van der Waals surface area contributed by atoms with Crippen molar-refractivity contribution < 1.29 is 19.1 Å². The third-order valence-corrected chi connectivity index (χ3v) is 6.55. The van der Waals surface area contributed by atoms with Gasteiger partial charge in [0, 0.05) is 28.4 Å². The molecule has 1 saturated carbocycles. The molecule has 0 saturated heterocycles. The molecule has 0 aromatic heterocycles. The molecular weight excluding hydrogens is 440 g/mol. The molecule has 1 aliphatic heterocycles. The maximum atomic E-state index is 13.1. The van der Waals surface area contributed by atoms with Gasteiger partial charge < -0.3 is 15.0 Å². The van der Waals surface area contributed by atoms with Crippen molar-refractivity contribution in [2.45, 2.75) is 24.9 Å². The molecule has 7 heteroatoms. The van der Waals surface area contributed by atoms with E-state index < -0.39 is 5.54 Å². The normalized spacial score (nSPS) is 15.7. The average Bonchev–Trinajstić information content (AvgIpc) is 3.58. The van der Waals surface area contributed by atoms with Gasteiger partial charge in [0.05, 0.1) is 7.11 Å². The first-order valence-electron chi connectivity index (χ1n) is 10.6. The minimum Gasteiger partial charge on any atom is -0.467 e. The molecule has 0 radical (unpaired) electrons. The Morgan fingerprint density at radius 1 is 0.970 bits per heavy atom. The molecule has 6 nitrogen and oxygen atoms in total. The number of ether oxygens (including phenoxy) is 1. The van der Waals surface area contributed by atoms with Crippen molar-refractivity contribution in [1.29, 1.82) is 0 Å². The van der Waals surface area contributed by atoms with E-state index in [0.29, 0.717) is 41.2 Å². The van der Waals surface area contributed by atoms with Crippen molar-refractivity contribution in [3.05, 3.63) is 88.4 Å². The number of carbonyl (C=O) groups is 3. The Hall–Kier alpha value is -3.64. The van der Waals surface area contributed by atoms with E-state index in [0.717, 1.165) is 16.7 Å². The lowest BCUT2D eigenvalue weighted by molar-refractivity contribution is -0.147. The van der Waals surface area contributed by atoms with Crippen molar-refractivity contribution in [2.75, 3.05) is 12.4 Å². The molecule has 1 aliphatic carbocycles. The fourth-order valence-corrected chi connectivity index (χ4v) is 4.40. The quantitative estimate of drug-likeness (QED) is 0.548. The van der Waals surface area contributed by atoms with Crippen LogP contribution in [0.15, 0.2) is 66.7 Å². The first-order valence-corrected chi connectivity index (χ1v) is 11.0. The first-order chi connectivity index (χ1) is 15.9. The summed E-state index contributed by atoms with van der Waals surface area (Å²) in [5, 5.41) is 3.44. The van der Waals surface area contributed by atoms with Gasteiger partial charge in [0.2, 0.25) is 0 Å². The van der Waals surface area contributed by atoms with Gasteiger partial charge in [0.1, 0.15) is 5.54 Å². The van der Waals surface area contributed by atoms with Gasteiger partial charge in [-0.3, -0.25) is 9.59 Å². The highest BCUT2D eigenvalue weighted by atomic mass is 35.5. The van der Waals surface area contributed by atoms with Gasteiger partial charge in [0.15, 0.2) is 0 Å². The zero-order valence-corrected chi connectivity index (χ0v) is 18.7. The van der Waals surface area contributed by atoms with Crippen LogP contribution >= 0.6 is 11.6 Å². The van der Waals surface area contributed by atoms with Gasteiger partial charge in [-0.15, -0.1) is 0 Å². The molecule has 0 unspecified atom stereocenters. The maximum absolute atomic E-state index is 13.1. The van der Waals surface area contributed by atoms with Crippen LogP contribution in [0.4, 0.5) is 5.69 Å². The van der Waals surface area contributed by atoms with Crippen LogP contribution in [0, 0.1) is 0 Å². The van der Waals surface area contributed by atoms with Crippen LogP contribution < -0.4 is 5.32 Å². The van der Waals surface area contributed by atoms with E-state index in [1.54, 1.807) is 29.2 Å². The molecular formula is C26H21ClN2O4. The maximum Gasteiger partial charge on any atom is 0.331 e. The Balaban J connectivity index is 1.33. The summed E-state index contributed by atoms with van der Waals surface area (Å²) in [6, 6.07) is 19.9. The molecule has 3 aromatic rings. The van der Waals surface area contributed by atoms with Crippen LogP contribution in [0.5, 0.6) is 0 Å². The van der Waals surface area contributed by atoms with E-state index in [4.69, 9.17) is 16.3 Å². The summed E-state index contributed by atoms with van der Waals surface area (Å²) in [4.78, 5) is 39.4. The topological polar surface area (TPSA) is 75.7 Å². The van der Waals surface area contributed by atoms with Gasteiger partial charge >= 0.3 is 5.97 Å². The van der Waals surface area contributed by atoms with Crippen LogP contribution in [0.3, 0.4) is 0 Å². The number of anilines is 1. The van der Waals surface area contributed by atoms with E-state index in [1.165, 1.54) is 7.11 Å². The monoisotopic (exact) mass is 460 g/mol. The van der Waals surface area contributed by atoms with Crippen molar-refractivity contribution in [3.8, 4) is 11.1 Å². The summed E-state index contributed by atoms with van der Waals surface area (Å²) in [6.45, 7) is 0.416. The van der Waals surface area contributed by atoms with Crippen LogP contribution in [0.2, 0.25) is 5.02 Å². The minimum atomic E-state index is -0.811. The molecule has 33 heavy (non-hydrogen) atoms. The number of fused-ring (bicyclic) bond motifs is 1. The standard InChI is InChI=1S/C26H21ClN2O4/c1-33-25(32)26(12-13-26)29-15-19-3-2-18(14-22(19)24(29)31)16-6-10-21(11-7-16)28-23(30)17-4-8-20(27)9-5-17/h2-11,14H,12-13,15H2,1H3,(H,28,30). The number of methoxy groups -OCH3 is 1. The Morgan fingerprint density at radius 2 is 1.64 bits per heavy atom. The van der Waals surface area contributed by atoms with Crippen LogP contribution in [-0.2, 0) is 16.1 Å². The van der Waals surface area contributed by atoms with Crippen molar-refractivity contribution in [1.82, 2.24) is 4.90 Å². The molecule has 0 bridgehead atoms. The summed E-state index contributed by atoms with van der Waals surface area (Å²) in [6.07, 6.45) is 1.27. The SMILES string of the molecule is COC(=O)C1(N2Cc3ccc(-c4ccc(NC(=O)c5ccc(Cl)cc5)cc4)cc3C2=O)CC1. The highest BCUT2D eigenvalue weighted by Gasteiger charge is 2.59. The number of rotatable bonds is 5. The van der Waals surface area contributed by atoms with E-state index in [2.05, 4.69) is 5.32 Å². The van der Waals surface area contributed by atoms with Crippen LogP contribution in [0.1, 0.15) is 39.1 Å². The summed E-state index contributed by atoms with van der Waals surface area (Å²) in [7, 11) is 1.36.